The van der Waals surface area contributed by atoms with E-state index in [1.807, 2.05) is 12.3 Å². The van der Waals surface area contributed by atoms with E-state index in [0.29, 0.717) is 0 Å². The predicted octanol–water partition coefficient (Wildman–Crippen LogP) is 6.37. The minimum absolute atomic E-state index is 0.173. The molecule has 37 heavy (non-hydrogen) atoms. The van der Waals surface area contributed by atoms with Crippen LogP contribution in [0.5, 0.6) is 0 Å². The first kappa shape index (κ1) is 22.6. The van der Waals surface area contributed by atoms with Gasteiger partial charge in [0.05, 0.1) is 11.2 Å². The lowest BCUT2D eigenvalue weighted by atomic mass is 9.72. The molecular formula is C31H31N5O. The molecule has 2 N–H and O–H groups in total. The van der Waals surface area contributed by atoms with Gasteiger partial charge in [0.25, 0.3) is 0 Å². The highest BCUT2D eigenvalue weighted by atomic mass is 16.5. The van der Waals surface area contributed by atoms with Crippen LogP contribution in [0.4, 0.5) is 0 Å². The zero-order valence-electron chi connectivity index (χ0n) is 21.2. The second-order valence-corrected chi connectivity index (χ2v) is 10.8. The summed E-state index contributed by atoms with van der Waals surface area (Å²) in [5, 5.41) is 10.2. The number of benzene rings is 2. The maximum atomic E-state index is 6.59. The van der Waals surface area contributed by atoms with Crippen LogP contribution in [-0.2, 0) is 15.9 Å². The smallest absolute Gasteiger partial charge is 0.170 e. The molecule has 2 aliphatic rings. The summed E-state index contributed by atoms with van der Waals surface area (Å²) in [6.07, 6.45) is 8.51. The lowest BCUT2D eigenvalue weighted by molar-refractivity contribution is -0.0766. The third kappa shape index (κ3) is 3.66. The van der Waals surface area contributed by atoms with E-state index in [-0.39, 0.29) is 5.54 Å². The average molecular weight is 490 g/mol. The fourth-order valence-electron chi connectivity index (χ4n) is 5.93. The van der Waals surface area contributed by atoms with Crippen LogP contribution in [0.3, 0.4) is 0 Å². The lowest BCUT2D eigenvalue weighted by Gasteiger charge is -2.38. The van der Waals surface area contributed by atoms with Crippen LogP contribution in [0, 0.1) is 0 Å². The minimum atomic E-state index is -0.427. The molecule has 1 aliphatic heterocycles. The first-order valence-corrected chi connectivity index (χ1v) is 13.3. The summed E-state index contributed by atoms with van der Waals surface area (Å²) >= 11 is 0. The van der Waals surface area contributed by atoms with E-state index < -0.39 is 5.60 Å². The van der Waals surface area contributed by atoms with Crippen LogP contribution in [-0.4, -0.2) is 26.2 Å². The molecule has 5 aromatic rings. The number of nitrogens with zero attached hydrogens (tertiary/aromatic N) is 4. The van der Waals surface area contributed by atoms with Crippen LogP contribution in [0.2, 0.25) is 0 Å². The number of pyridine rings is 2. The Kier molecular flexibility index (Phi) is 5.17. The fraction of sp³-hybridized carbons (Fsp3) is 0.323. The summed E-state index contributed by atoms with van der Waals surface area (Å²) in [7, 11) is 0. The Morgan fingerprint density at radius 3 is 2.38 bits per heavy atom. The number of ether oxygens (including phenoxy) is 1. The van der Waals surface area contributed by atoms with E-state index in [0.717, 1.165) is 83.5 Å². The monoisotopic (exact) mass is 489 g/mol. The first-order valence-electron chi connectivity index (χ1n) is 13.3. The largest absolute Gasteiger partial charge is 0.367 e. The zero-order valence-corrected chi connectivity index (χ0v) is 21.2. The van der Waals surface area contributed by atoms with E-state index in [9.17, 15) is 0 Å². The van der Waals surface area contributed by atoms with Crippen molar-refractivity contribution < 1.29 is 4.74 Å². The van der Waals surface area contributed by atoms with Gasteiger partial charge in [0, 0.05) is 34.9 Å². The SMILES string of the molecule is CC1(c2nnc3c4cc(-c5ccccc5)c(-c5ccc(C6(N)CCC6)cc5)nc4ccn23)CCCCO1. The number of hydrogen-bond acceptors (Lipinski definition) is 5. The van der Waals surface area contributed by atoms with E-state index in [1.54, 1.807) is 0 Å². The van der Waals surface area contributed by atoms with Gasteiger partial charge in [-0.15, -0.1) is 10.2 Å². The Labute approximate surface area is 216 Å². The molecule has 1 aliphatic carbocycles. The fourth-order valence-corrected chi connectivity index (χ4v) is 5.93. The van der Waals surface area contributed by atoms with Crippen molar-refractivity contribution in [3.8, 4) is 22.4 Å². The summed E-state index contributed by atoms with van der Waals surface area (Å²) in [5.41, 5.74) is 13.1. The van der Waals surface area contributed by atoms with Crippen molar-refractivity contribution in [2.75, 3.05) is 6.61 Å². The number of rotatable bonds is 4. The molecule has 6 nitrogen and oxygen atoms in total. The van der Waals surface area contributed by atoms with Crippen molar-refractivity contribution in [3.05, 3.63) is 84.3 Å². The molecule has 0 amide bonds. The van der Waals surface area contributed by atoms with Crippen molar-refractivity contribution >= 4 is 16.6 Å². The van der Waals surface area contributed by atoms with Gasteiger partial charge in [-0.1, -0.05) is 54.6 Å². The van der Waals surface area contributed by atoms with Gasteiger partial charge in [0.15, 0.2) is 11.5 Å². The van der Waals surface area contributed by atoms with Crippen molar-refractivity contribution in [2.24, 2.45) is 5.73 Å². The van der Waals surface area contributed by atoms with Crippen molar-refractivity contribution in [3.63, 3.8) is 0 Å². The Morgan fingerprint density at radius 2 is 1.68 bits per heavy atom. The molecule has 6 heteroatoms. The molecule has 0 bridgehead atoms. The molecule has 2 fully saturated rings. The van der Waals surface area contributed by atoms with Gasteiger partial charge in [-0.05, 0) is 68.7 Å². The molecule has 0 spiro atoms. The lowest BCUT2D eigenvalue weighted by Crippen LogP contribution is -2.43. The second-order valence-electron chi connectivity index (χ2n) is 10.8. The third-order valence-corrected chi connectivity index (χ3v) is 8.38. The highest BCUT2D eigenvalue weighted by molar-refractivity contribution is 5.98. The Hall–Kier alpha value is -3.61. The maximum Gasteiger partial charge on any atom is 0.170 e. The van der Waals surface area contributed by atoms with Crippen molar-refractivity contribution in [1.82, 2.24) is 19.6 Å². The summed E-state index contributed by atoms with van der Waals surface area (Å²) in [5.74, 6) is 0.858. The number of aromatic nitrogens is 4. The van der Waals surface area contributed by atoms with Gasteiger partial charge in [0.2, 0.25) is 0 Å². The maximum absolute atomic E-state index is 6.59. The van der Waals surface area contributed by atoms with Gasteiger partial charge >= 0.3 is 0 Å². The molecule has 3 aromatic heterocycles. The molecule has 186 valence electrons. The minimum Gasteiger partial charge on any atom is -0.367 e. The molecule has 4 heterocycles. The van der Waals surface area contributed by atoms with Crippen LogP contribution in [0.15, 0.2) is 72.9 Å². The van der Waals surface area contributed by atoms with Crippen molar-refractivity contribution in [2.45, 2.75) is 56.6 Å². The Bertz CT molecular complexity index is 1600. The van der Waals surface area contributed by atoms with E-state index >= 15 is 0 Å². The van der Waals surface area contributed by atoms with E-state index in [4.69, 9.17) is 15.5 Å². The van der Waals surface area contributed by atoms with Crippen LogP contribution in [0.1, 0.15) is 56.8 Å². The Morgan fingerprint density at radius 1 is 0.865 bits per heavy atom. The van der Waals surface area contributed by atoms with E-state index in [1.165, 1.54) is 12.0 Å². The molecule has 1 saturated carbocycles. The highest BCUT2D eigenvalue weighted by Gasteiger charge is 2.35. The van der Waals surface area contributed by atoms with Crippen LogP contribution >= 0.6 is 0 Å². The summed E-state index contributed by atoms with van der Waals surface area (Å²) < 4.78 is 8.28. The third-order valence-electron chi connectivity index (χ3n) is 8.38. The highest BCUT2D eigenvalue weighted by Crippen LogP contribution is 2.41. The predicted molar refractivity (Wildman–Crippen MR) is 146 cm³/mol. The van der Waals surface area contributed by atoms with Gasteiger partial charge in [-0.25, -0.2) is 4.98 Å². The number of hydrogen-bond donors (Lipinski definition) is 1. The number of nitrogens with two attached hydrogens (primary N) is 1. The van der Waals surface area contributed by atoms with Gasteiger partial charge < -0.3 is 10.5 Å². The van der Waals surface area contributed by atoms with Gasteiger partial charge in [0.1, 0.15) is 5.60 Å². The molecule has 0 radical (unpaired) electrons. The topological polar surface area (TPSA) is 78.3 Å². The summed E-state index contributed by atoms with van der Waals surface area (Å²) in [6, 6.07) is 23.4. The molecular weight excluding hydrogens is 458 g/mol. The summed E-state index contributed by atoms with van der Waals surface area (Å²) in [4.78, 5) is 5.19. The standard InChI is InChI=1S/C31H31N5O/c1-30(15-5-6-19-37-30)29-35-34-28-25-20-24(21-8-3-2-4-9-21)27(33-26(25)14-18-36(28)29)22-10-12-23(13-11-22)31(32)16-7-17-31/h2-4,8-14,18,20H,5-7,15-17,19,32H2,1H3. The second kappa shape index (κ2) is 8.47. The molecule has 1 unspecified atom stereocenters. The summed E-state index contributed by atoms with van der Waals surface area (Å²) in [6.45, 7) is 2.88. The number of fused-ring (bicyclic) bond motifs is 3. The first-order chi connectivity index (χ1) is 18.0. The molecule has 2 aromatic carbocycles. The Balaban J connectivity index is 1.40. The zero-order chi connectivity index (χ0) is 25.0. The van der Waals surface area contributed by atoms with Gasteiger partial charge in [-0.3, -0.25) is 4.40 Å². The molecule has 1 atom stereocenters. The van der Waals surface area contributed by atoms with Crippen LogP contribution in [0.25, 0.3) is 38.9 Å². The quantitative estimate of drug-likeness (QED) is 0.318. The molecule has 1 saturated heterocycles. The van der Waals surface area contributed by atoms with E-state index in [2.05, 4.69) is 82.2 Å². The van der Waals surface area contributed by atoms with Crippen LogP contribution < -0.4 is 5.73 Å². The average Bonchev–Trinajstić information content (AvgIpc) is 3.38. The molecule has 7 rings (SSSR count). The van der Waals surface area contributed by atoms with Crippen molar-refractivity contribution in [1.29, 1.82) is 0 Å². The van der Waals surface area contributed by atoms with Gasteiger partial charge in [-0.2, -0.15) is 0 Å². The normalized spacial score (nSPS) is 21.2.